The molecule has 38 heavy (non-hydrogen) atoms. The van der Waals surface area contributed by atoms with Gasteiger partial charge >= 0.3 is 11.8 Å². The third kappa shape index (κ3) is 12.1. The van der Waals surface area contributed by atoms with Crippen LogP contribution in [-0.4, -0.2) is 80.0 Å². The first-order valence-corrected chi connectivity index (χ1v) is 14.3. The lowest BCUT2D eigenvalue weighted by atomic mass is 9.99. The van der Waals surface area contributed by atoms with Gasteiger partial charge in [-0.2, -0.15) is 13.2 Å². The number of aliphatic hydroxyl groups excluding tert-OH is 1. The third-order valence-electron chi connectivity index (χ3n) is 6.52. The van der Waals surface area contributed by atoms with Crippen molar-refractivity contribution in [1.29, 1.82) is 0 Å². The molecule has 1 aliphatic heterocycles. The Balaban J connectivity index is 0.000000554. The van der Waals surface area contributed by atoms with Crippen LogP contribution in [0.1, 0.15) is 83.5 Å². The van der Waals surface area contributed by atoms with Crippen LogP contribution in [0.25, 0.3) is 0 Å². The number of hydrogen-bond donors (Lipinski definition) is 3. The highest BCUT2D eigenvalue weighted by Crippen LogP contribution is 2.52. The molecule has 1 unspecified atom stereocenters. The van der Waals surface area contributed by atoms with Crippen molar-refractivity contribution in [2.24, 2.45) is 16.0 Å². The minimum absolute atomic E-state index is 0.0231. The Morgan fingerprint density at radius 2 is 1.37 bits per heavy atom. The van der Waals surface area contributed by atoms with E-state index in [1.165, 1.54) is 69.5 Å². The molecule has 0 saturated carbocycles. The Hall–Kier alpha value is -1.59. The summed E-state index contributed by atoms with van der Waals surface area (Å²) in [7, 11) is 0. The summed E-state index contributed by atoms with van der Waals surface area (Å²) in [4.78, 5) is 4.85. The zero-order valence-corrected chi connectivity index (χ0v) is 23.9. The van der Waals surface area contributed by atoms with Gasteiger partial charge in [-0.05, 0) is 57.4 Å². The third-order valence-corrected chi connectivity index (χ3v) is 6.52. The van der Waals surface area contributed by atoms with Gasteiger partial charge in [-0.25, -0.2) is 0 Å². The summed E-state index contributed by atoms with van der Waals surface area (Å²) in [5, 5.41) is 19.8. The molecule has 2 rings (SSSR count). The lowest BCUT2D eigenvalue weighted by Crippen LogP contribution is -2.35. The first kappa shape index (κ1) is 34.4. The average molecular weight is 545 g/mol. The van der Waals surface area contributed by atoms with Gasteiger partial charge in [0, 0.05) is 38.3 Å². The molecule has 0 aromatic heterocycles. The minimum atomic E-state index is -4.53. The van der Waals surface area contributed by atoms with E-state index in [4.69, 9.17) is 5.73 Å². The van der Waals surface area contributed by atoms with Crippen molar-refractivity contribution < 1.29 is 18.3 Å². The number of halogens is 3. The van der Waals surface area contributed by atoms with E-state index in [1.807, 2.05) is 0 Å². The van der Waals surface area contributed by atoms with Crippen LogP contribution in [0.5, 0.6) is 0 Å². The molecular formula is C28H51F3N6O. The Morgan fingerprint density at radius 1 is 0.842 bits per heavy atom. The summed E-state index contributed by atoms with van der Waals surface area (Å²) < 4.78 is 39.0. The second-order valence-corrected chi connectivity index (χ2v) is 9.89. The fourth-order valence-electron chi connectivity index (χ4n) is 4.22. The van der Waals surface area contributed by atoms with Crippen LogP contribution in [0.3, 0.4) is 0 Å². The van der Waals surface area contributed by atoms with Gasteiger partial charge in [0.05, 0.1) is 6.10 Å². The van der Waals surface area contributed by atoms with E-state index in [1.54, 1.807) is 0 Å². The number of hydrogen-bond acceptors (Lipinski definition) is 7. The molecule has 0 aliphatic carbocycles. The Bertz CT molecular complexity index is 748. The molecule has 1 aromatic carbocycles. The van der Waals surface area contributed by atoms with Gasteiger partial charge in [0.1, 0.15) is 0 Å². The molecule has 0 fully saturated rings. The number of aliphatic hydroxyl groups is 1. The van der Waals surface area contributed by atoms with Crippen molar-refractivity contribution in [3.63, 3.8) is 0 Å². The van der Waals surface area contributed by atoms with Crippen molar-refractivity contribution in [3.05, 3.63) is 35.4 Å². The summed E-state index contributed by atoms with van der Waals surface area (Å²) >= 11 is 0. The van der Waals surface area contributed by atoms with Crippen molar-refractivity contribution in [3.8, 4) is 0 Å². The lowest BCUT2D eigenvalue weighted by Gasteiger charge is -2.22. The number of nitrogens with one attached hydrogen (secondary N) is 1. The van der Waals surface area contributed by atoms with E-state index < -0.39 is 17.9 Å². The number of unbranched alkanes of at least 4 members (excludes halogenated alkanes) is 2. The standard InChI is InChI=1S/C19H29F3N4O.C9H22N2/c1-3-5-12-26(11-4-2)13-10-23-14-17(27)15-6-8-16(9-7-15)18(24-25-18)19(20,21)22;1-3-5-8-11(7-4-2)9-6-10/h6-9,17,23,27H,3-5,10-14H2,1-2H3;3-10H2,1-2H3. The average Bonchev–Trinajstić information content (AvgIpc) is 3.71. The Morgan fingerprint density at radius 3 is 1.79 bits per heavy atom. The summed E-state index contributed by atoms with van der Waals surface area (Å²) in [5.41, 5.74) is 3.63. The van der Waals surface area contributed by atoms with Crippen LogP contribution in [0.2, 0.25) is 0 Å². The molecule has 1 heterocycles. The molecule has 4 N–H and O–H groups in total. The molecule has 0 spiro atoms. The Kier molecular flexibility index (Phi) is 16.9. The first-order chi connectivity index (χ1) is 18.2. The maximum atomic E-state index is 13.0. The number of nitrogens with zero attached hydrogens (tertiary/aromatic N) is 4. The highest BCUT2D eigenvalue weighted by Gasteiger charge is 2.65. The van der Waals surface area contributed by atoms with Crippen LogP contribution in [0.4, 0.5) is 13.2 Å². The molecule has 0 bridgehead atoms. The zero-order valence-electron chi connectivity index (χ0n) is 23.9. The molecule has 1 atom stereocenters. The van der Waals surface area contributed by atoms with Gasteiger partial charge in [-0.15, -0.1) is 10.2 Å². The predicted octanol–water partition coefficient (Wildman–Crippen LogP) is 5.46. The predicted molar refractivity (Wildman–Crippen MR) is 149 cm³/mol. The molecular weight excluding hydrogens is 493 g/mol. The van der Waals surface area contributed by atoms with Crippen LogP contribution in [-0.2, 0) is 5.66 Å². The minimum Gasteiger partial charge on any atom is -0.387 e. The molecule has 220 valence electrons. The topological polar surface area (TPSA) is 89.5 Å². The molecule has 0 radical (unpaired) electrons. The number of nitrogens with two attached hydrogens (primary N) is 1. The zero-order chi connectivity index (χ0) is 28.4. The molecule has 0 amide bonds. The smallest absolute Gasteiger partial charge is 0.387 e. The van der Waals surface area contributed by atoms with Gasteiger partial charge in [-0.3, -0.25) is 0 Å². The van der Waals surface area contributed by atoms with Crippen LogP contribution in [0, 0.1) is 0 Å². The summed E-state index contributed by atoms with van der Waals surface area (Å²) in [6, 6.07) is 5.67. The van der Waals surface area contributed by atoms with Gasteiger partial charge in [-0.1, -0.05) is 64.8 Å². The molecule has 0 saturated heterocycles. The SMILES string of the molecule is CCCCN(CCC)CCN.CCCCN(CCC)CCNCC(O)c1ccc(C2(C(F)(F)F)N=N2)cc1. The molecule has 1 aliphatic rings. The van der Waals surface area contributed by atoms with Gasteiger partial charge in [0.15, 0.2) is 0 Å². The van der Waals surface area contributed by atoms with E-state index in [0.29, 0.717) is 12.1 Å². The largest absolute Gasteiger partial charge is 0.442 e. The fourth-order valence-corrected chi connectivity index (χ4v) is 4.22. The van der Waals surface area contributed by atoms with E-state index >= 15 is 0 Å². The number of alkyl halides is 3. The summed E-state index contributed by atoms with van der Waals surface area (Å²) in [5.74, 6) is 0. The Labute approximate surface area is 228 Å². The highest BCUT2D eigenvalue weighted by atomic mass is 19.4. The van der Waals surface area contributed by atoms with E-state index in [0.717, 1.165) is 45.7 Å². The van der Waals surface area contributed by atoms with Crippen molar-refractivity contribution in [2.45, 2.75) is 84.2 Å². The molecule has 10 heteroatoms. The van der Waals surface area contributed by atoms with Crippen LogP contribution in [0.15, 0.2) is 34.5 Å². The molecule has 1 aromatic rings. The van der Waals surface area contributed by atoms with Crippen LogP contribution >= 0.6 is 0 Å². The monoisotopic (exact) mass is 544 g/mol. The number of benzene rings is 1. The van der Waals surface area contributed by atoms with Crippen LogP contribution < -0.4 is 11.1 Å². The van der Waals surface area contributed by atoms with E-state index in [-0.39, 0.29) is 5.56 Å². The quantitative estimate of drug-likeness (QED) is 0.201. The van der Waals surface area contributed by atoms with Crippen molar-refractivity contribution in [1.82, 2.24) is 15.1 Å². The number of rotatable bonds is 19. The van der Waals surface area contributed by atoms with Gasteiger partial charge in [0.2, 0.25) is 0 Å². The second kappa shape index (κ2) is 18.7. The van der Waals surface area contributed by atoms with E-state index in [9.17, 15) is 18.3 Å². The second-order valence-electron chi connectivity index (χ2n) is 9.89. The highest BCUT2D eigenvalue weighted by molar-refractivity contribution is 5.33. The molecule has 7 nitrogen and oxygen atoms in total. The lowest BCUT2D eigenvalue weighted by molar-refractivity contribution is -0.166. The summed E-state index contributed by atoms with van der Waals surface area (Å²) in [6.45, 7) is 17.2. The summed E-state index contributed by atoms with van der Waals surface area (Å²) in [6.07, 6.45) is 1.97. The maximum absolute atomic E-state index is 13.0. The fraction of sp³-hybridized carbons (Fsp3) is 0.786. The first-order valence-electron chi connectivity index (χ1n) is 14.3. The van der Waals surface area contributed by atoms with E-state index in [2.05, 4.69) is 53.0 Å². The normalized spacial score (nSPS) is 15.0. The van der Waals surface area contributed by atoms with Crippen molar-refractivity contribution in [2.75, 3.05) is 58.9 Å². The maximum Gasteiger partial charge on any atom is 0.442 e. The van der Waals surface area contributed by atoms with Gasteiger partial charge in [0.25, 0.3) is 0 Å². The van der Waals surface area contributed by atoms with Gasteiger partial charge < -0.3 is 26.0 Å². The van der Waals surface area contributed by atoms with Crippen molar-refractivity contribution >= 4 is 0 Å².